The van der Waals surface area contributed by atoms with Crippen LogP contribution in [0.25, 0.3) is 0 Å². The minimum atomic E-state index is -1.56. The van der Waals surface area contributed by atoms with Gasteiger partial charge in [0.25, 0.3) is 0 Å². The quantitative estimate of drug-likeness (QED) is 0.0915. The fourth-order valence-electron chi connectivity index (χ4n) is 4.22. The molecule has 0 aromatic carbocycles. The Bertz CT molecular complexity index is 766. The van der Waals surface area contributed by atoms with Gasteiger partial charge in [0.15, 0.2) is 6.29 Å². The van der Waals surface area contributed by atoms with Crippen LogP contribution in [-0.4, -0.2) is 87.5 Å². The van der Waals surface area contributed by atoms with Crippen LogP contribution in [-0.2, 0) is 14.3 Å². The first kappa shape index (κ1) is 36.2. The van der Waals surface area contributed by atoms with E-state index in [9.17, 15) is 30.3 Å². The molecule has 40 heavy (non-hydrogen) atoms. The van der Waals surface area contributed by atoms with Gasteiger partial charge in [-0.05, 0) is 38.5 Å². The summed E-state index contributed by atoms with van der Waals surface area (Å²) in [5, 5.41) is 53.2. The zero-order chi connectivity index (χ0) is 29.6. The van der Waals surface area contributed by atoms with E-state index in [0.717, 1.165) is 51.4 Å². The Balaban J connectivity index is 2.52. The summed E-state index contributed by atoms with van der Waals surface area (Å²) < 4.78 is 11.0. The monoisotopic (exact) mass is 567 g/mol. The van der Waals surface area contributed by atoms with E-state index in [2.05, 4.69) is 55.6 Å². The third-order valence-corrected chi connectivity index (χ3v) is 6.71. The van der Waals surface area contributed by atoms with Gasteiger partial charge in [0.2, 0.25) is 5.91 Å². The van der Waals surface area contributed by atoms with Gasteiger partial charge in [-0.15, -0.1) is 0 Å². The number of carbonyl (C=O) groups is 1. The molecule has 1 aliphatic heterocycles. The summed E-state index contributed by atoms with van der Waals surface area (Å²) in [5.41, 5.74) is 0. The van der Waals surface area contributed by atoms with Crippen LogP contribution < -0.4 is 5.32 Å². The molecular formula is C31H53NO8. The molecule has 0 aromatic heterocycles. The van der Waals surface area contributed by atoms with Crippen LogP contribution in [0.2, 0.25) is 0 Å². The van der Waals surface area contributed by atoms with E-state index in [1.807, 2.05) is 12.2 Å². The second-order valence-corrected chi connectivity index (χ2v) is 10.2. The van der Waals surface area contributed by atoms with Gasteiger partial charge in [-0.3, -0.25) is 4.79 Å². The molecule has 1 fully saturated rings. The van der Waals surface area contributed by atoms with Gasteiger partial charge in [0.1, 0.15) is 24.4 Å². The molecule has 9 heteroatoms. The lowest BCUT2D eigenvalue weighted by atomic mass is 9.99. The summed E-state index contributed by atoms with van der Waals surface area (Å²) in [6.07, 6.45) is 17.7. The van der Waals surface area contributed by atoms with Crippen molar-refractivity contribution in [1.82, 2.24) is 5.32 Å². The molecule has 0 aliphatic carbocycles. The normalized spacial score (nSPS) is 25.4. The maximum absolute atomic E-state index is 12.6. The first-order chi connectivity index (χ1) is 19.3. The second-order valence-electron chi connectivity index (χ2n) is 10.2. The van der Waals surface area contributed by atoms with Crippen molar-refractivity contribution in [1.29, 1.82) is 0 Å². The summed E-state index contributed by atoms with van der Waals surface area (Å²) in [4.78, 5) is 12.6. The van der Waals surface area contributed by atoms with E-state index in [1.54, 1.807) is 0 Å². The molecule has 1 saturated heterocycles. The van der Waals surface area contributed by atoms with Crippen LogP contribution in [0.15, 0.2) is 48.6 Å². The molecule has 0 aromatic rings. The van der Waals surface area contributed by atoms with Crippen molar-refractivity contribution in [2.24, 2.45) is 0 Å². The largest absolute Gasteiger partial charge is 0.394 e. The number of ether oxygens (including phenoxy) is 2. The van der Waals surface area contributed by atoms with Gasteiger partial charge in [-0.2, -0.15) is 0 Å². The molecule has 7 unspecified atom stereocenters. The minimum absolute atomic E-state index is 0.173. The lowest BCUT2D eigenvalue weighted by Crippen LogP contribution is -2.60. The average molecular weight is 568 g/mol. The summed E-state index contributed by atoms with van der Waals surface area (Å²) in [5.74, 6) is -0.238. The molecule has 1 rings (SSSR count). The standard InChI is InChI=1S/C31H53NO8/c1-3-5-7-9-10-11-12-13-14-15-16-17-19-21-27(35)32-24(25(34)20-18-8-6-4-2)23-39-31-30(38)29(37)28(36)26(22-33)40-31/h5,7,10-11,13-14,16-17,24-26,28-31,33-34,36-38H,3-4,6,8-9,12,15,18-23H2,1-2H3,(H,32,35)/b7-5-,11-10-,14-13-,17-16-. The van der Waals surface area contributed by atoms with Gasteiger partial charge in [0, 0.05) is 6.42 Å². The Morgan fingerprint density at radius 1 is 0.875 bits per heavy atom. The molecule has 6 N–H and O–H groups in total. The number of hydrogen-bond acceptors (Lipinski definition) is 8. The van der Waals surface area contributed by atoms with Crippen molar-refractivity contribution in [2.45, 2.75) is 127 Å². The highest BCUT2D eigenvalue weighted by atomic mass is 16.7. The van der Waals surface area contributed by atoms with Crippen molar-refractivity contribution in [2.75, 3.05) is 13.2 Å². The van der Waals surface area contributed by atoms with Crippen LogP contribution >= 0.6 is 0 Å². The molecule has 0 spiro atoms. The zero-order valence-electron chi connectivity index (χ0n) is 24.3. The van der Waals surface area contributed by atoms with Crippen molar-refractivity contribution >= 4 is 5.91 Å². The van der Waals surface area contributed by atoms with E-state index in [0.29, 0.717) is 12.8 Å². The topological polar surface area (TPSA) is 149 Å². The zero-order valence-corrected chi connectivity index (χ0v) is 24.3. The molecule has 0 bridgehead atoms. The predicted octanol–water partition coefficient (Wildman–Crippen LogP) is 3.20. The maximum atomic E-state index is 12.6. The van der Waals surface area contributed by atoms with Crippen molar-refractivity contribution in [3.8, 4) is 0 Å². The van der Waals surface area contributed by atoms with E-state index >= 15 is 0 Å². The summed E-state index contributed by atoms with van der Waals surface area (Å²) in [6.45, 7) is 3.48. The smallest absolute Gasteiger partial charge is 0.220 e. The number of aliphatic hydroxyl groups is 5. The number of unbranched alkanes of at least 4 members (excludes halogenated alkanes) is 3. The number of aliphatic hydroxyl groups excluding tert-OH is 5. The molecule has 0 radical (unpaired) electrons. The fraction of sp³-hybridized carbons (Fsp3) is 0.710. The Hall–Kier alpha value is -1.85. The van der Waals surface area contributed by atoms with Gasteiger partial charge >= 0.3 is 0 Å². The Labute approximate surface area is 240 Å². The second kappa shape index (κ2) is 22.8. The van der Waals surface area contributed by atoms with Crippen LogP contribution in [0.4, 0.5) is 0 Å². The third kappa shape index (κ3) is 15.2. The maximum Gasteiger partial charge on any atom is 0.220 e. The van der Waals surface area contributed by atoms with Crippen LogP contribution in [0.3, 0.4) is 0 Å². The first-order valence-electron chi connectivity index (χ1n) is 14.8. The molecule has 1 aliphatic rings. The molecule has 7 atom stereocenters. The highest BCUT2D eigenvalue weighted by molar-refractivity contribution is 5.76. The highest BCUT2D eigenvalue weighted by Gasteiger charge is 2.44. The fourth-order valence-corrected chi connectivity index (χ4v) is 4.22. The number of hydrogen-bond donors (Lipinski definition) is 6. The van der Waals surface area contributed by atoms with Crippen LogP contribution in [0, 0.1) is 0 Å². The highest BCUT2D eigenvalue weighted by Crippen LogP contribution is 2.22. The summed E-state index contributed by atoms with van der Waals surface area (Å²) in [6, 6.07) is -0.751. The van der Waals surface area contributed by atoms with E-state index in [4.69, 9.17) is 9.47 Å². The Kier molecular flexibility index (Phi) is 20.6. The predicted molar refractivity (Wildman–Crippen MR) is 156 cm³/mol. The molecular weight excluding hydrogens is 514 g/mol. The lowest BCUT2D eigenvalue weighted by Gasteiger charge is -2.40. The number of rotatable bonds is 21. The van der Waals surface area contributed by atoms with Crippen LogP contribution in [0.5, 0.6) is 0 Å². The van der Waals surface area contributed by atoms with Gasteiger partial charge in [-0.25, -0.2) is 0 Å². The number of nitrogens with one attached hydrogen (secondary N) is 1. The Morgan fingerprint density at radius 2 is 1.50 bits per heavy atom. The molecule has 9 nitrogen and oxygen atoms in total. The minimum Gasteiger partial charge on any atom is -0.394 e. The third-order valence-electron chi connectivity index (χ3n) is 6.71. The van der Waals surface area contributed by atoms with Gasteiger partial charge in [0.05, 0.1) is 25.4 Å². The lowest BCUT2D eigenvalue weighted by molar-refractivity contribution is -0.302. The van der Waals surface area contributed by atoms with E-state index in [-0.39, 0.29) is 18.9 Å². The first-order valence-corrected chi connectivity index (χ1v) is 14.8. The van der Waals surface area contributed by atoms with Gasteiger partial charge < -0.3 is 40.3 Å². The van der Waals surface area contributed by atoms with E-state index in [1.165, 1.54) is 0 Å². The summed E-state index contributed by atoms with van der Waals surface area (Å²) >= 11 is 0. The molecule has 0 saturated carbocycles. The number of amides is 1. The van der Waals surface area contributed by atoms with Crippen molar-refractivity contribution in [3.63, 3.8) is 0 Å². The average Bonchev–Trinajstić information content (AvgIpc) is 2.95. The van der Waals surface area contributed by atoms with Crippen molar-refractivity contribution < 1.29 is 39.8 Å². The summed E-state index contributed by atoms with van der Waals surface area (Å²) in [7, 11) is 0. The molecule has 230 valence electrons. The molecule has 1 amide bonds. The molecule has 1 heterocycles. The SMILES string of the molecule is CC/C=C\C/C=C\C/C=C\C/C=C\CCC(=O)NC(COC1OC(CO)C(O)C(O)C1O)C(O)CCCCCC. The number of carbonyl (C=O) groups excluding carboxylic acids is 1. The van der Waals surface area contributed by atoms with Gasteiger partial charge in [-0.1, -0.05) is 88.1 Å². The van der Waals surface area contributed by atoms with Crippen molar-refractivity contribution in [3.05, 3.63) is 48.6 Å². The van der Waals surface area contributed by atoms with Crippen LogP contribution in [0.1, 0.15) is 84.5 Å². The number of allylic oxidation sites excluding steroid dienone is 8. The van der Waals surface area contributed by atoms with E-state index < -0.39 is 49.5 Å². The Morgan fingerprint density at radius 3 is 2.10 bits per heavy atom.